The minimum atomic E-state index is -0.855. The Morgan fingerprint density at radius 1 is 1.20 bits per heavy atom. The fourth-order valence-corrected chi connectivity index (χ4v) is 2.19. The molecule has 0 saturated carbocycles. The van der Waals surface area contributed by atoms with Crippen molar-refractivity contribution in [2.24, 2.45) is 5.84 Å². The van der Waals surface area contributed by atoms with Crippen LogP contribution < -0.4 is 21.5 Å². The summed E-state index contributed by atoms with van der Waals surface area (Å²) in [6.07, 6.45) is 0. The van der Waals surface area contributed by atoms with E-state index in [0.29, 0.717) is 18.9 Å². The van der Waals surface area contributed by atoms with E-state index < -0.39 is 7.12 Å². The smallest absolute Gasteiger partial charge is 0.457 e. The second-order valence-electron chi connectivity index (χ2n) is 4.65. The van der Waals surface area contributed by atoms with Gasteiger partial charge in [-0.1, -0.05) is 11.5 Å². The molecule has 0 atom stereocenters. The monoisotopic (exact) mass is 270 g/mol. The summed E-state index contributed by atoms with van der Waals surface area (Å²) in [4.78, 5) is 0. The molecule has 0 aliphatic carbocycles. The molecule has 3 rings (SSSR count). The summed E-state index contributed by atoms with van der Waals surface area (Å²) in [5, 5.41) is 9.67. The van der Waals surface area contributed by atoms with Gasteiger partial charge in [0.25, 0.3) is 0 Å². The van der Waals surface area contributed by atoms with Gasteiger partial charge < -0.3 is 14.4 Å². The normalized spacial score (nSPS) is 13.4. The first-order valence-corrected chi connectivity index (χ1v) is 6.39. The van der Waals surface area contributed by atoms with E-state index in [9.17, 15) is 5.02 Å². The molecule has 0 unspecified atom stereocenters. The standard InChI is InChI=1S/C14H15BN2O3/c16-17-8-10-1-4-12(5-2-10)20-13-6-3-11-9-19-15(18)14(11)7-13/h1-7,17-18H,8-9,16H2/q+1. The highest BCUT2D eigenvalue weighted by molar-refractivity contribution is 6.61. The maximum atomic E-state index is 9.67. The predicted octanol–water partition coefficient (Wildman–Crippen LogP) is -0.581. The minimum absolute atomic E-state index is 0.442. The average molecular weight is 270 g/mol. The third-order valence-electron chi connectivity index (χ3n) is 3.25. The largest absolute Gasteiger partial charge is 0.491 e. The molecule has 1 heterocycles. The molecule has 2 aromatic rings. The lowest BCUT2D eigenvalue weighted by Crippen LogP contribution is -2.89. The molecule has 0 amide bonds. The van der Waals surface area contributed by atoms with Gasteiger partial charge in [-0.3, -0.25) is 0 Å². The van der Waals surface area contributed by atoms with Crippen LogP contribution in [0.3, 0.4) is 0 Å². The average Bonchev–Trinajstić information content (AvgIpc) is 2.83. The molecular formula is C14H15BN2O3+. The number of nitrogens with one attached hydrogen (secondary N) is 1. The summed E-state index contributed by atoms with van der Waals surface area (Å²) >= 11 is 0. The van der Waals surface area contributed by atoms with Gasteiger partial charge >= 0.3 is 7.12 Å². The van der Waals surface area contributed by atoms with E-state index in [4.69, 9.17) is 15.2 Å². The molecule has 0 fully saturated rings. The molecule has 20 heavy (non-hydrogen) atoms. The van der Waals surface area contributed by atoms with Gasteiger partial charge in [0.1, 0.15) is 11.5 Å². The van der Waals surface area contributed by atoms with Gasteiger partial charge in [0, 0.05) is 5.56 Å². The SMILES string of the molecule is N[NH+]Cc1ccc(Oc2ccc3c(c2)B(O)OC3)cc1. The van der Waals surface area contributed by atoms with Crippen molar-refractivity contribution in [2.45, 2.75) is 13.2 Å². The van der Waals surface area contributed by atoms with Crippen LogP contribution in [0.4, 0.5) is 0 Å². The molecule has 5 nitrogen and oxygen atoms in total. The van der Waals surface area contributed by atoms with Gasteiger partial charge in [-0.05, 0) is 47.4 Å². The van der Waals surface area contributed by atoms with E-state index in [2.05, 4.69) is 5.43 Å². The van der Waals surface area contributed by atoms with E-state index >= 15 is 0 Å². The minimum Gasteiger partial charge on any atom is -0.457 e. The molecule has 0 saturated heterocycles. The lowest BCUT2D eigenvalue weighted by atomic mass is 9.79. The quantitative estimate of drug-likeness (QED) is 0.394. The van der Waals surface area contributed by atoms with Crippen molar-refractivity contribution < 1.29 is 19.8 Å². The highest BCUT2D eigenvalue weighted by Gasteiger charge is 2.27. The lowest BCUT2D eigenvalue weighted by Gasteiger charge is -2.07. The third-order valence-corrected chi connectivity index (χ3v) is 3.25. The Labute approximate surface area is 117 Å². The third kappa shape index (κ3) is 2.68. The highest BCUT2D eigenvalue weighted by Crippen LogP contribution is 2.23. The molecule has 0 bridgehead atoms. The number of hydrogen-bond acceptors (Lipinski definition) is 5. The van der Waals surface area contributed by atoms with Crippen LogP contribution in [-0.2, 0) is 17.8 Å². The van der Waals surface area contributed by atoms with Crippen molar-refractivity contribution in [1.82, 2.24) is 0 Å². The van der Waals surface area contributed by atoms with E-state index in [1.165, 1.54) is 0 Å². The lowest BCUT2D eigenvalue weighted by molar-refractivity contribution is -0.683. The molecule has 2 aromatic carbocycles. The zero-order valence-corrected chi connectivity index (χ0v) is 10.9. The zero-order valence-electron chi connectivity index (χ0n) is 10.9. The topological polar surface area (TPSA) is 80.3 Å². The van der Waals surface area contributed by atoms with Gasteiger partial charge in [0.15, 0.2) is 6.54 Å². The Morgan fingerprint density at radius 2 is 1.95 bits per heavy atom. The summed E-state index contributed by atoms with van der Waals surface area (Å²) in [6.45, 7) is 1.06. The zero-order chi connectivity index (χ0) is 13.9. The maximum Gasteiger partial charge on any atom is 0.491 e. The van der Waals surface area contributed by atoms with Gasteiger partial charge in [0.05, 0.1) is 6.61 Å². The summed E-state index contributed by atoms with van der Waals surface area (Å²) in [5.41, 5.74) is 5.45. The number of hydrazine groups is 1. The first-order chi connectivity index (χ1) is 9.76. The van der Waals surface area contributed by atoms with Crippen LogP contribution in [-0.4, -0.2) is 12.1 Å². The van der Waals surface area contributed by atoms with E-state index in [0.717, 1.165) is 22.3 Å². The molecule has 1 radical (unpaired) electrons. The summed E-state index contributed by atoms with van der Waals surface area (Å²) in [5.74, 6) is 6.68. The number of hydrogen-bond donors (Lipinski definition) is 3. The fourth-order valence-electron chi connectivity index (χ4n) is 2.19. The highest BCUT2D eigenvalue weighted by atomic mass is 16.5. The van der Waals surface area contributed by atoms with Crippen LogP contribution in [0, 0.1) is 0 Å². The molecule has 1 aliphatic heterocycles. The van der Waals surface area contributed by atoms with Crippen molar-refractivity contribution in [3.05, 3.63) is 53.6 Å². The molecule has 6 heteroatoms. The summed E-state index contributed by atoms with van der Waals surface area (Å²) in [7, 11) is -0.855. The molecule has 0 aromatic heterocycles. The first kappa shape index (κ1) is 13.1. The Morgan fingerprint density at radius 3 is 2.70 bits per heavy atom. The summed E-state index contributed by atoms with van der Waals surface area (Å²) in [6, 6.07) is 13.2. The second kappa shape index (κ2) is 5.64. The number of benzene rings is 2. The van der Waals surface area contributed by atoms with Crippen molar-refractivity contribution >= 4 is 12.6 Å². The Hall–Kier alpha value is -1.86. The Kier molecular flexibility index (Phi) is 3.71. The number of ether oxygens (including phenoxy) is 1. The molecule has 1 aliphatic rings. The summed E-state index contributed by atoms with van der Waals surface area (Å²) < 4.78 is 10.9. The van der Waals surface area contributed by atoms with Gasteiger partial charge in [0.2, 0.25) is 0 Å². The maximum absolute atomic E-state index is 9.67. The second-order valence-corrected chi connectivity index (χ2v) is 4.65. The van der Waals surface area contributed by atoms with Crippen molar-refractivity contribution in [3.63, 3.8) is 0 Å². The van der Waals surface area contributed by atoms with Gasteiger partial charge in [-0.2, -0.15) is 0 Å². The van der Waals surface area contributed by atoms with Crippen LogP contribution in [0.1, 0.15) is 11.1 Å². The van der Waals surface area contributed by atoms with Crippen LogP contribution in [0.5, 0.6) is 11.5 Å². The van der Waals surface area contributed by atoms with E-state index in [1.807, 2.05) is 42.5 Å². The van der Waals surface area contributed by atoms with Crippen molar-refractivity contribution in [3.8, 4) is 11.5 Å². The molecular weight excluding hydrogens is 255 g/mol. The predicted molar refractivity (Wildman–Crippen MR) is 74.2 cm³/mol. The van der Waals surface area contributed by atoms with Crippen molar-refractivity contribution in [1.29, 1.82) is 0 Å². The van der Waals surface area contributed by atoms with E-state index in [-0.39, 0.29) is 0 Å². The van der Waals surface area contributed by atoms with Gasteiger partial charge in [-0.25, -0.2) is 0 Å². The van der Waals surface area contributed by atoms with Crippen molar-refractivity contribution in [2.75, 3.05) is 0 Å². The molecule has 4 N–H and O–H groups in total. The molecule has 101 valence electrons. The van der Waals surface area contributed by atoms with Crippen LogP contribution in [0.25, 0.3) is 0 Å². The number of rotatable bonds is 4. The Bertz CT molecular complexity index is 604. The number of fused-ring (bicyclic) bond motifs is 1. The molecule has 0 spiro atoms. The first-order valence-electron chi connectivity index (χ1n) is 6.39. The van der Waals surface area contributed by atoms with Gasteiger partial charge in [-0.15, -0.1) is 5.84 Å². The fraction of sp³-hybridized carbons (Fsp3) is 0.143. The van der Waals surface area contributed by atoms with Crippen LogP contribution in [0.15, 0.2) is 42.5 Å². The van der Waals surface area contributed by atoms with Crippen LogP contribution in [0.2, 0.25) is 0 Å². The van der Waals surface area contributed by atoms with Crippen LogP contribution >= 0.6 is 0 Å². The Balaban J connectivity index is 1.76. The number of nitrogens with two attached hydrogens (primary N) is 1. The van der Waals surface area contributed by atoms with E-state index in [1.54, 1.807) is 0 Å².